The van der Waals surface area contributed by atoms with Crippen molar-refractivity contribution in [1.29, 1.82) is 0 Å². The zero-order chi connectivity index (χ0) is 24.4. The average molecular weight is 465 g/mol. The zero-order valence-corrected chi connectivity index (χ0v) is 19.7. The third-order valence-corrected chi connectivity index (χ3v) is 6.01. The van der Waals surface area contributed by atoms with Crippen LogP contribution in [-0.2, 0) is 11.3 Å². The number of hydrogen-bond acceptors (Lipinski definition) is 6. The van der Waals surface area contributed by atoms with Gasteiger partial charge in [-0.05, 0) is 46.5 Å². The monoisotopic (exact) mass is 464 g/mol. The molecule has 174 valence electrons. The van der Waals surface area contributed by atoms with E-state index in [1.165, 1.54) is 0 Å². The molecule has 0 unspecified atom stereocenters. The molecule has 35 heavy (non-hydrogen) atoms. The summed E-state index contributed by atoms with van der Waals surface area (Å²) in [5.74, 6) is 1.07. The number of rotatable bonds is 4. The minimum atomic E-state index is -0.0408. The number of hydrogen-bond donors (Lipinski definition) is 0. The maximum Gasteiger partial charge on any atom is 0.224 e. The van der Waals surface area contributed by atoms with Crippen molar-refractivity contribution in [3.8, 4) is 34.1 Å². The van der Waals surface area contributed by atoms with Crippen LogP contribution < -0.4 is 14.4 Å². The number of fused-ring (bicyclic) bond motifs is 2. The third kappa shape index (κ3) is 4.48. The smallest absolute Gasteiger partial charge is 0.224 e. The van der Waals surface area contributed by atoms with E-state index in [9.17, 15) is 4.79 Å². The summed E-state index contributed by atoms with van der Waals surface area (Å²) in [5.41, 5.74) is 7.39. The Labute approximate surface area is 203 Å². The average Bonchev–Trinajstić information content (AvgIpc) is 2.89. The number of carbonyl (C=O) groups is 1. The molecule has 0 fully saturated rings. The molecule has 1 aliphatic heterocycles. The van der Waals surface area contributed by atoms with Crippen molar-refractivity contribution in [3.05, 3.63) is 83.8 Å². The van der Waals surface area contributed by atoms with Crippen molar-refractivity contribution in [2.75, 3.05) is 19.1 Å². The van der Waals surface area contributed by atoms with Gasteiger partial charge in [0.15, 0.2) is 0 Å². The summed E-state index contributed by atoms with van der Waals surface area (Å²) in [4.78, 5) is 27.8. The summed E-state index contributed by atoms with van der Waals surface area (Å²) in [6, 6.07) is 15.6. The Morgan fingerprint density at radius 3 is 2.06 bits per heavy atom. The molecule has 0 radical (unpaired) electrons. The van der Waals surface area contributed by atoms with Crippen molar-refractivity contribution in [1.82, 2.24) is 15.0 Å². The SMILES string of the molecule is COc1ccc(-c2ccc3c(c2)N(C(C)=O)Cc2cnc(-c4ccc(OC)nc4)cc2C=C3)cn1. The largest absolute Gasteiger partial charge is 0.481 e. The Balaban J connectivity index is 1.54. The van der Waals surface area contributed by atoms with Gasteiger partial charge >= 0.3 is 0 Å². The molecule has 0 N–H and O–H groups in total. The van der Waals surface area contributed by atoms with Crippen LogP contribution >= 0.6 is 0 Å². The molecule has 4 heterocycles. The molecular formula is C28H24N4O3. The lowest BCUT2D eigenvalue weighted by Gasteiger charge is -2.26. The fraction of sp³-hybridized carbons (Fsp3) is 0.143. The number of carbonyl (C=O) groups excluding carboxylic acids is 1. The lowest BCUT2D eigenvalue weighted by molar-refractivity contribution is -0.116. The molecule has 0 spiro atoms. The number of methoxy groups -OCH3 is 2. The van der Waals surface area contributed by atoms with Crippen LogP contribution in [0.1, 0.15) is 23.6 Å². The van der Waals surface area contributed by atoms with Crippen LogP contribution in [0.5, 0.6) is 11.8 Å². The van der Waals surface area contributed by atoms with E-state index >= 15 is 0 Å². The van der Waals surface area contributed by atoms with Gasteiger partial charge in [0.25, 0.3) is 0 Å². The van der Waals surface area contributed by atoms with E-state index in [1.54, 1.807) is 38.4 Å². The second-order valence-electron chi connectivity index (χ2n) is 8.16. The minimum Gasteiger partial charge on any atom is -0.481 e. The molecule has 1 aliphatic rings. The number of nitrogens with zero attached hydrogens (tertiary/aromatic N) is 4. The van der Waals surface area contributed by atoms with Gasteiger partial charge in [-0.25, -0.2) is 9.97 Å². The Kier molecular flexibility index (Phi) is 5.97. The molecule has 0 aliphatic carbocycles. The highest BCUT2D eigenvalue weighted by Crippen LogP contribution is 2.34. The fourth-order valence-electron chi connectivity index (χ4n) is 4.08. The van der Waals surface area contributed by atoms with Gasteiger partial charge in [0.1, 0.15) is 0 Å². The molecule has 4 aromatic rings. The quantitative estimate of drug-likeness (QED) is 0.410. The zero-order valence-electron chi connectivity index (χ0n) is 19.7. The first kappa shape index (κ1) is 22.3. The Morgan fingerprint density at radius 2 is 1.43 bits per heavy atom. The number of pyridine rings is 3. The Hall–Kier alpha value is -4.52. The van der Waals surface area contributed by atoms with Crippen LogP contribution in [0.15, 0.2) is 67.1 Å². The topological polar surface area (TPSA) is 77.4 Å². The van der Waals surface area contributed by atoms with Gasteiger partial charge in [-0.3, -0.25) is 9.78 Å². The van der Waals surface area contributed by atoms with E-state index in [0.717, 1.165) is 44.8 Å². The predicted molar refractivity (Wildman–Crippen MR) is 136 cm³/mol. The van der Waals surface area contributed by atoms with Crippen molar-refractivity contribution >= 4 is 23.7 Å². The lowest BCUT2D eigenvalue weighted by atomic mass is 9.98. The summed E-state index contributed by atoms with van der Waals surface area (Å²) in [6.45, 7) is 2.00. The second kappa shape index (κ2) is 9.38. The molecule has 0 bridgehead atoms. The number of aromatic nitrogens is 3. The van der Waals surface area contributed by atoms with Gasteiger partial charge in [-0.15, -0.1) is 0 Å². The molecule has 7 nitrogen and oxygen atoms in total. The lowest BCUT2D eigenvalue weighted by Crippen LogP contribution is -2.29. The van der Waals surface area contributed by atoms with E-state index in [1.807, 2.05) is 60.8 Å². The molecule has 3 aromatic heterocycles. The third-order valence-electron chi connectivity index (χ3n) is 6.01. The van der Waals surface area contributed by atoms with Crippen LogP contribution in [0, 0.1) is 0 Å². The minimum absolute atomic E-state index is 0.0408. The van der Waals surface area contributed by atoms with E-state index < -0.39 is 0 Å². The van der Waals surface area contributed by atoms with Gasteiger partial charge in [-0.2, -0.15) is 0 Å². The van der Waals surface area contributed by atoms with Gasteiger partial charge < -0.3 is 14.4 Å². The van der Waals surface area contributed by atoms with E-state index in [-0.39, 0.29) is 5.91 Å². The van der Waals surface area contributed by atoms with Crippen molar-refractivity contribution < 1.29 is 14.3 Å². The summed E-state index contributed by atoms with van der Waals surface area (Å²) in [7, 11) is 3.18. The molecular weight excluding hydrogens is 440 g/mol. The first-order valence-electron chi connectivity index (χ1n) is 11.2. The van der Waals surface area contributed by atoms with Crippen molar-refractivity contribution in [2.45, 2.75) is 13.5 Å². The van der Waals surface area contributed by atoms with E-state index in [0.29, 0.717) is 18.3 Å². The summed E-state index contributed by atoms with van der Waals surface area (Å²) in [6.07, 6.45) is 9.45. The summed E-state index contributed by atoms with van der Waals surface area (Å²) >= 11 is 0. The highest BCUT2D eigenvalue weighted by molar-refractivity contribution is 5.96. The molecule has 0 saturated heterocycles. The van der Waals surface area contributed by atoms with E-state index in [2.05, 4.69) is 21.0 Å². The molecule has 5 rings (SSSR count). The highest BCUT2D eigenvalue weighted by Gasteiger charge is 2.20. The second-order valence-corrected chi connectivity index (χ2v) is 8.16. The van der Waals surface area contributed by atoms with Crippen LogP contribution in [0.2, 0.25) is 0 Å². The molecule has 1 aromatic carbocycles. The van der Waals surface area contributed by atoms with Crippen LogP contribution in [0.25, 0.3) is 34.5 Å². The first-order chi connectivity index (χ1) is 17.1. The van der Waals surface area contributed by atoms with Crippen molar-refractivity contribution in [2.24, 2.45) is 0 Å². The highest BCUT2D eigenvalue weighted by atomic mass is 16.5. The fourth-order valence-corrected chi connectivity index (χ4v) is 4.08. The normalized spacial score (nSPS) is 12.3. The van der Waals surface area contributed by atoms with Crippen molar-refractivity contribution in [3.63, 3.8) is 0 Å². The van der Waals surface area contributed by atoms with Gasteiger partial charge in [0, 0.05) is 48.8 Å². The predicted octanol–water partition coefficient (Wildman–Crippen LogP) is 5.26. The summed E-state index contributed by atoms with van der Waals surface area (Å²) < 4.78 is 10.3. The van der Waals surface area contributed by atoms with Gasteiger partial charge in [-0.1, -0.05) is 24.3 Å². The maximum atomic E-state index is 12.7. The van der Waals surface area contributed by atoms with Gasteiger partial charge in [0.05, 0.1) is 32.1 Å². The molecule has 1 amide bonds. The maximum absolute atomic E-state index is 12.7. The molecule has 0 atom stereocenters. The number of amides is 1. The van der Waals surface area contributed by atoms with Crippen LogP contribution in [0.3, 0.4) is 0 Å². The number of anilines is 1. The van der Waals surface area contributed by atoms with Gasteiger partial charge in [0.2, 0.25) is 17.7 Å². The van der Waals surface area contributed by atoms with Crippen LogP contribution in [0.4, 0.5) is 5.69 Å². The molecule has 7 heteroatoms. The van der Waals surface area contributed by atoms with E-state index in [4.69, 9.17) is 9.47 Å². The standard InChI is InChI=1S/C28H24N4O3/c1-18(33)32-17-24-16-29-25(23-9-11-28(35-3)31-15-23)12-20(24)6-4-19-5-7-21(13-26(19)32)22-8-10-27(34-2)30-14-22/h4-16H,17H2,1-3H3. The first-order valence-corrected chi connectivity index (χ1v) is 11.2. The Morgan fingerprint density at radius 1 is 0.771 bits per heavy atom. The molecule has 0 saturated carbocycles. The number of ether oxygens (including phenoxy) is 2. The number of benzene rings is 1. The summed E-state index contributed by atoms with van der Waals surface area (Å²) in [5, 5.41) is 0. The van der Waals surface area contributed by atoms with Crippen LogP contribution in [-0.4, -0.2) is 35.1 Å². The Bertz CT molecular complexity index is 1410.